The Labute approximate surface area is 304 Å². The molecule has 0 fully saturated rings. The Kier molecular flexibility index (Phi) is 7.20. The van der Waals surface area contributed by atoms with E-state index in [0.29, 0.717) is 17.6 Å². The van der Waals surface area contributed by atoms with Crippen LogP contribution in [0.5, 0.6) is 0 Å². The molecule has 0 unspecified atom stereocenters. The van der Waals surface area contributed by atoms with Crippen molar-refractivity contribution < 1.29 is 0 Å². The fourth-order valence-corrected chi connectivity index (χ4v) is 7.48. The van der Waals surface area contributed by atoms with Crippen molar-refractivity contribution in [2.45, 2.75) is 52.4 Å². The second-order valence-electron chi connectivity index (χ2n) is 15.8. The summed E-state index contributed by atoms with van der Waals surface area (Å²) in [6, 6.07) is 49.6. The van der Waals surface area contributed by atoms with Crippen LogP contribution < -0.4 is 0 Å². The third-order valence-electron chi connectivity index (χ3n) is 10.3. The topological polar surface area (TPSA) is 48.5 Å². The van der Waals surface area contributed by atoms with Crippen molar-refractivity contribution in [3.05, 3.63) is 151 Å². The molecular formula is C47H41N5. The summed E-state index contributed by atoms with van der Waals surface area (Å²) < 4.78 is 4.71. The lowest BCUT2D eigenvalue weighted by Crippen LogP contribution is -2.11. The zero-order chi connectivity index (χ0) is 35.8. The second-order valence-corrected chi connectivity index (χ2v) is 15.8. The van der Waals surface area contributed by atoms with E-state index in [4.69, 9.17) is 15.0 Å². The molecule has 6 aromatic carbocycles. The molecule has 0 spiro atoms. The van der Waals surface area contributed by atoms with Crippen LogP contribution in [0.4, 0.5) is 0 Å². The van der Waals surface area contributed by atoms with Crippen molar-refractivity contribution in [2.24, 2.45) is 0 Å². The van der Waals surface area contributed by atoms with E-state index in [9.17, 15) is 0 Å². The molecule has 3 aromatic heterocycles. The second kappa shape index (κ2) is 11.7. The zero-order valence-electron chi connectivity index (χ0n) is 30.5. The lowest BCUT2D eigenvalue weighted by Gasteiger charge is -2.19. The van der Waals surface area contributed by atoms with Gasteiger partial charge < -0.3 is 4.57 Å². The Morgan fingerprint density at radius 3 is 1.29 bits per heavy atom. The van der Waals surface area contributed by atoms with Gasteiger partial charge in [0.1, 0.15) is 0 Å². The molecule has 254 valence electrons. The molecule has 0 bridgehead atoms. The number of hydrogen-bond donors (Lipinski definition) is 0. The average molecular weight is 676 g/mol. The zero-order valence-corrected chi connectivity index (χ0v) is 30.5. The van der Waals surface area contributed by atoms with Gasteiger partial charge in [0.25, 0.3) is 0 Å². The summed E-state index contributed by atoms with van der Waals surface area (Å²) in [5.41, 5.74) is 9.97. The first-order valence-corrected chi connectivity index (χ1v) is 18.1. The highest BCUT2D eigenvalue weighted by molar-refractivity contribution is 6.23. The van der Waals surface area contributed by atoms with E-state index in [0.717, 1.165) is 38.8 Å². The van der Waals surface area contributed by atoms with Gasteiger partial charge in [-0.3, -0.25) is 4.57 Å². The Bertz CT molecular complexity index is 2720. The Balaban J connectivity index is 1.49. The quantitative estimate of drug-likeness (QED) is 0.187. The molecule has 0 aliphatic carbocycles. The fraction of sp³-hybridized carbons (Fsp3) is 0.170. The van der Waals surface area contributed by atoms with Crippen LogP contribution in [0.25, 0.3) is 78.0 Å². The maximum atomic E-state index is 5.28. The van der Waals surface area contributed by atoms with Crippen molar-refractivity contribution in [1.82, 2.24) is 24.1 Å². The number of fused-ring (bicyclic) bond motifs is 7. The Morgan fingerprint density at radius 1 is 0.404 bits per heavy atom. The minimum Gasteiger partial charge on any atom is -0.307 e. The Morgan fingerprint density at radius 2 is 0.827 bits per heavy atom. The molecule has 0 radical (unpaired) electrons. The van der Waals surface area contributed by atoms with Gasteiger partial charge in [-0.15, -0.1) is 0 Å². The highest BCUT2D eigenvalue weighted by atomic mass is 15.2. The van der Waals surface area contributed by atoms with Crippen LogP contribution in [0, 0.1) is 0 Å². The predicted molar refractivity (Wildman–Crippen MR) is 217 cm³/mol. The molecule has 5 heteroatoms. The van der Waals surface area contributed by atoms with E-state index in [1.807, 2.05) is 36.4 Å². The van der Waals surface area contributed by atoms with Gasteiger partial charge in [0.15, 0.2) is 11.6 Å². The number of benzene rings is 6. The highest BCUT2D eigenvalue weighted by Gasteiger charge is 2.26. The summed E-state index contributed by atoms with van der Waals surface area (Å²) in [6.45, 7) is 13.7. The molecule has 0 amide bonds. The van der Waals surface area contributed by atoms with E-state index in [1.54, 1.807) is 0 Å². The van der Waals surface area contributed by atoms with Crippen LogP contribution in [-0.2, 0) is 10.8 Å². The van der Waals surface area contributed by atoms with Gasteiger partial charge in [-0.25, -0.2) is 4.98 Å². The van der Waals surface area contributed by atoms with Gasteiger partial charge in [0.05, 0.1) is 22.1 Å². The van der Waals surface area contributed by atoms with Crippen LogP contribution in [0.3, 0.4) is 0 Å². The van der Waals surface area contributed by atoms with Gasteiger partial charge in [-0.05, 0) is 58.4 Å². The molecular weight excluding hydrogens is 635 g/mol. The minimum absolute atomic E-state index is 0.00424. The number of aromatic nitrogens is 5. The maximum absolute atomic E-state index is 5.28. The summed E-state index contributed by atoms with van der Waals surface area (Å²) in [5, 5.41) is 4.75. The Hall–Kier alpha value is -6.07. The van der Waals surface area contributed by atoms with Crippen molar-refractivity contribution >= 4 is 43.6 Å². The van der Waals surface area contributed by atoms with Crippen LogP contribution in [0.15, 0.2) is 140 Å². The van der Waals surface area contributed by atoms with Gasteiger partial charge in [0, 0.05) is 38.4 Å². The van der Waals surface area contributed by atoms with Gasteiger partial charge >= 0.3 is 0 Å². The number of rotatable bonds is 4. The van der Waals surface area contributed by atoms with Gasteiger partial charge in [-0.1, -0.05) is 145 Å². The van der Waals surface area contributed by atoms with Crippen molar-refractivity contribution in [3.63, 3.8) is 0 Å². The lowest BCUT2D eigenvalue weighted by atomic mass is 9.86. The molecule has 5 nitrogen and oxygen atoms in total. The first-order chi connectivity index (χ1) is 25.1. The molecule has 0 saturated heterocycles. The molecule has 0 N–H and O–H groups in total. The van der Waals surface area contributed by atoms with Crippen molar-refractivity contribution in [3.8, 4) is 34.4 Å². The minimum atomic E-state index is -0.0247. The SMILES string of the molecule is CC(C)(C)c1ccc2c(c1)c1ccc3c4cc(C(C)(C)C)ccc4n(-c4nc(-c5ccccc5)nc(-c5ccccc5)n4)c3c1n2-c1ccccc1. The summed E-state index contributed by atoms with van der Waals surface area (Å²) in [6.07, 6.45) is 0. The smallest absolute Gasteiger partial charge is 0.238 e. The van der Waals surface area contributed by atoms with Crippen LogP contribution in [-0.4, -0.2) is 24.1 Å². The molecule has 52 heavy (non-hydrogen) atoms. The van der Waals surface area contributed by atoms with Crippen LogP contribution in [0.2, 0.25) is 0 Å². The molecule has 0 aliphatic heterocycles. The predicted octanol–water partition coefficient (Wildman–Crippen LogP) is 12.0. The summed E-state index contributed by atoms with van der Waals surface area (Å²) >= 11 is 0. The van der Waals surface area contributed by atoms with Crippen molar-refractivity contribution in [1.29, 1.82) is 0 Å². The van der Waals surface area contributed by atoms with Crippen LogP contribution in [0.1, 0.15) is 52.7 Å². The van der Waals surface area contributed by atoms with E-state index < -0.39 is 0 Å². The average Bonchev–Trinajstić information content (AvgIpc) is 3.67. The third-order valence-corrected chi connectivity index (χ3v) is 10.3. The highest BCUT2D eigenvalue weighted by Crippen LogP contribution is 2.43. The van der Waals surface area contributed by atoms with E-state index in [-0.39, 0.29) is 10.8 Å². The molecule has 0 atom stereocenters. The van der Waals surface area contributed by atoms with Gasteiger partial charge in [-0.2, -0.15) is 9.97 Å². The number of hydrogen-bond acceptors (Lipinski definition) is 3. The van der Waals surface area contributed by atoms with Gasteiger partial charge in [0.2, 0.25) is 5.95 Å². The molecule has 3 heterocycles. The van der Waals surface area contributed by atoms with E-state index in [1.165, 1.54) is 32.8 Å². The normalized spacial score (nSPS) is 12.4. The molecule has 0 saturated carbocycles. The van der Waals surface area contributed by atoms with E-state index in [2.05, 4.69) is 154 Å². The number of para-hydroxylation sites is 1. The summed E-state index contributed by atoms with van der Waals surface area (Å²) in [7, 11) is 0. The largest absolute Gasteiger partial charge is 0.307 e. The molecule has 9 rings (SSSR count). The lowest BCUT2D eigenvalue weighted by molar-refractivity contribution is 0.591. The summed E-state index contributed by atoms with van der Waals surface area (Å²) in [4.78, 5) is 15.6. The molecule has 0 aliphatic rings. The first-order valence-electron chi connectivity index (χ1n) is 18.1. The third kappa shape index (κ3) is 5.19. The molecule has 9 aromatic rings. The van der Waals surface area contributed by atoms with Crippen LogP contribution >= 0.6 is 0 Å². The fourth-order valence-electron chi connectivity index (χ4n) is 7.48. The summed E-state index contributed by atoms with van der Waals surface area (Å²) in [5.74, 6) is 1.86. The maximum Gasteiger partial charge on any atom is 0.238 e. The standard InChI is InChI=1S/C47H41N5/c1-46(2,3)32-22-26-39-37(28-32)35-24-25-36-38-29-33(47(4,5)6)23-27-40(38)52(42(36)41(35)51(39)34-20-14-9-15-21-34)45-49-43(30-16-10-7-11-17-30)48-44(50-45)31-18-12-8-13-19-31/h7-29H,1-6H3. The monoisotopic (exact) mass is 675 g/mol. The van der Waals surface area contributed by atoms with E-state index >= 15 is 0 Å². The first kappa shape index (κ1) is 31.9. The number of nitrogens with zero attached hydrogens (tertiary/aromatic N) is 5. The van der Waals surface area contributed by atoms with Crippen molar-refractivity contribution in [2.75, 3.05) is 0 Å².